The van der Waals surface area contributed by atoms with E-state index in [0.29, 0.717) is 12.1 Å². The first-order valence-corrected chi connectivity index (χ1v) is 12.7. The van der Waals surface area contributed by atoms with Crippen LogP contribution in [0.1, 0.15) is 29.8 Å². The molecule has 2 aromatic heterocycles. The number of anilines is 1. The highest BCUT2D eigenvalue weighted by molar-refractivity contribution is 5.97. The third kappa shape index (κ3) is 4.02. The van der Waals surface area contributed by atoms with Gasteiger partial charge in [0.25, 0.3) is 0 Å². The Morgan fingerprint density at radius 2 is 1.89 bits per heavy atom. The van der Waals surface area contributed by atoms with Gasteiger partial charge in [-0.2, -0.15) is 5.26 Å². The molecule has 4 heterocycles. The number of nitrogens with zero attached hydrogens (tertiary/aromatic N) is 7. The van der Waals surface area contributed by atoms with E-state index in [1.807, 2.05) is 50.2 Å². The summed E-state index contributed by atoms with van der Waals surface area (Å²) in [6.07, 6.45) is 3.92. The van der Waals surface area contributed by atoms with Crippen LogP contribution in [-0.4, -0.2) is 57.3 Å². The number of fused-ring (bicyclic) bond motifs is 5. The van der Waals surface area contributed by atoms with E-state index in [-0.39, 0.29) is 11.8 Å². The van der Waals surface area contributed by atoms with Crippen molar-refractivity contribution in [2.24, 2.45) is 5.92 Å². The molecule has 0 spiro atoms. The fourth-order valence-corrected chi connectivity index (χ4v) is 5.49. The Labute approximate surface area is 216 Å². The molecule has 1 saturated heterocycles. The van der Waals surface area contributed by atoms with E-state index >= 15 is 0 Å². The molecule has 1 fully saturated rings. The molecule has 0 radical (unpaired) electrons. The zero-order valence-corrected chi connectivity index (χ0v) is 21.3. The van der Waals surface area contributed by atoms with Gasteiger partial charge in [0.15, 0.2) is 5.82 Å². The lowest BCUT2D eigenvalue weighted by Gasteiger charge is -2.20. The van der Waals surface area contributed by atoms with Crippen molar-refractivity contribution >= 4 is 11.6 Å². The molecular weight excluding hydrogens is 462 g/mol. The smallest absolute Gasteiger partial charge is 0.230 e. The number of benzene rings is 2. The van der Waals surface area contributed by atoms with Gasteiger partial charge in [-0.15, -0.1) is 10.2 Å². The summed E-state index contributed by atoms with van der Waals surface area (Å²) in [4.78, 5) is 17.3. The summed E-state index contributed by atoms with van der Waals surface area (Å²) in [5, 5.41) is 18.1. The number of nitriles is 1. The Kier molecular flexibility index (Phi) is 5.65. The van der Waals surface area contributed by atoms with E-state index in [9.17, 15) is 4.79 Å². The van der Waals surface area contributed by atoms with Gasteiger partial charge >= 0.3 is 0 Å². The third-order valence-corrected chi connectivity index (χ3v) is 7.50. The molecule has 1 atom stereocenters. The van der Waals surface area contributed by atoms with E-state index in [0.717, 1.165) is 71.3 Å². The lowest BCUT2D eigenvalue weighted by molar-refractivity contribution is -0.120. The maximum atomic E-state index is 13.2. The molecule has 0 aliphatic carbocycles. The van der Waals surface area contributed by atoms with Crippen LogP contribution in [0.4, 0.5) is 5.69 Å². The van der Waals surface area contributed by atoms with Crippen LogP contribution in [0.25, 0.3) is 28.3 Å². The van der Waals surface area contributed by atoms with E-state index in [4.69, 9.17) is 5.26 Å². The van der Waals surface area contributed by atoms with Gasteiger partial charge in [-0.1, -0.05) is 12.1 Å². The maximum Gasteiger partial charge on any atom is 0.230 e. The second kappa shape index (κ2) is 9.02. The number of hydrogen-bond acceptors (Lipinski definition) is 5. The van der Waals surface area contributed by atoms with Crippen LogP contribution in [0.5, 0.6) is 0 Å². The van der Waals surface area contributed by atoms with Gasteiger partial charge in [0.1, 0.15) is 5.82 Å². The van der Waals surface area contributed by atoms with E-state index < -0.39 is 0 Å². The van der Waals surface area contributed by atoms with Crippen molar-refractivity contribution in [2.75, 3.05) is 32.1 Å². The monoisotopic (exact) mass is 491 g/mol. The molecule has 2 aromatic carbocycles. The molecule has 0 N–H and O–H groups in total. The predicted octanol–water partition coefficient (Wildman–Crippen LogP) is 4.25. The number of aryl methyl sites for hydroxylation is 1. The first kappa shape index (κ1) is 23.2. The zero-order chi connectivity index (χ0) is 25.7. The predicted molar refractivity (Wildman–Crippen MR) is 142 cm³/mol. The second-order valence-electron chi connectivity index (χ2n) is 10.2. The fourth-order valence-electron chi connectivity index (χ4n) is 5.49. The molecule has 8 heteroatoms. The Hall–Kier alpha value is -4.22. The first-order valence-electron chi connectivity index (χ1n) is 12.7. The summed E-state index contributed by atoms with van der Waals surface area (Å²) in [5.41, 5.74) is 6.84. The van der Waals surface area contributed by atoms with Crippen LogP contribution in [0.15, 0.2) is 54.7 Å². The number of aromatic nitrogens is 4. The number of carbonyl (C=O) groups excluding carboxylic acids is 1. The van der Waals surface area contributed by atoms with Crippen molar-refractivity contribution in [1.82, 2.24) is 24.2 Å². The Balaban J connectivity index is 1.38. The van der Waals surface area contributed by atoms with Gasteiger partial charge in [-0.3, -0.25) is 9.36 Å². The van der Waals surface area contributed by atoms with Gasteiger partial charge < -0.3 is 14.4 Å². The molecule has 2 aliphatic heterocycles. The zero-order valence-electron chi connectivity index (χ0n) is 21.3. The number of rotatable bonds is 5. The van der Waals surface area contributed by atoms with Crippen molar-refractivity contribution in [2.45, 2.75) is 26.3 Å². The normalized spacial score (nSPS) is 16.4. The maximum absolute atomic E-state index is 13.2. The third-order valence-electron chi connectivity index (χ3n) is 7.50. The van der Waals surface area contributed by atoms with E-state index in [2.05, 4.69) is 60.8 Å². The van der Waals surface area contributed by atoms with Gasteiger partial charge in [0, 0.05) is 36.5 Å². The molecule has 4 aromatic rings. The van der Waals surface area contributed by atoms with E-state index in [1.54, 1.807) is 0 Å². The summed E-state index contributed by atoms with van der Waals surface area (Å²) < 4.78 is 4.31. The molecule has 1 unspecified atom stereocenters. The van der Waals surface area contributed by atoms with Crippen molar-refractivity contribution < 1.29 is 4.79 Å². The minimum Gasteiger partial charge on any atom is -0.340 e. The lowest BCUT2D eigenvalue weighted by Crippen LogP contribution is -2.28. The first-order chi connectivity index (χ1) is 17.9. The highest BCUT2D eigenvalue weighted by atomic mass is 16.2. The molecule has 0 saturated carbocycles. The summed E-state index contributed by atoms with van der Waals surface area (Å²) in [6.45, 7) is 4.30. The summed E-state index contributed by atoms with van der Waals surface area (Å²) in [5.74, 6) is 1.92. The Bertz CT molecular complexity index is 1540. The minimum atomic E-state index is 0.0823. The number of hydrogen-bond donors (Lipinski definition) is 0. The highest BCUT2D eigenvalue weighted by Crippen LogP contribution is 2.37. The van der Waals surface area contributed by atoms with Gasteiger partial charge in [-0.05, 0) is 87.9 Å². The van der Waals surface area contributed by atoms with Gasteiger partial charge in [0.05, 0.1) is 23.0 Å². The van der Waals surface area contributed by atoms with Crippen molar-refractivity contribution in [1.29, 1.82) is 5.26 Å². The van der Waals surface area contributed by atoms with Crippen molar-refractivity contribution in [3.05, 3.63) is 71.7 Å². The van der Waals surface area contributed by atoms with Crippen LogP contribution in [-0.2, 0) is 11.3 Å². The highest BCUT2D eigenvalue weighted by Gasteiger charge is 2.33. The molecule has 2 aliphatic rings. The Morgan fingerprint density at radius 1 is 1.08 bits per heavy atom. The van der Waals surface area contributed by atoms with Crippen LogP contribution in [0, 0.1) is 24.2 Å². The molecule has 37 heavy (non-hydrogen) atoms. The molecule has 6 rings (SSSR count). The topological polar surface area (TPSA) is 83.0 Å². The standard InChI is InChI=1S/C29H29N7O/c1-19-31-32-28-27-15-23(21-6-4-20(16-30)5-7-21)17-34(27)18-24-14-25(8-9-26(24)36(19)28)35-13-11-22(29(35)37)10-12-33(2)3/h4-9,14-15,17,22H,10-13,18H2,1-3H3. The Morgan fingerprint density at radius 3 is 2.65 bits per heavy atom. The molecule has 1 amide bonds. The van der Waals surface area contributed by atoms with Gasteiger partial charge in [0.2, 0.25) is 5.91 Å². The van der Waals surface area contributed by atoms with Gasteiger partial charge in [-0.25, -0.2) is 0 Å². The number of amides is 1. The van der Waals surface area contributed by atoms with E-state index in [1.165, 1.54) is 0 Å². The molecular formula is C29H29N7O. The lowest BCUT2D eigenvalue weighted by atomic mass is 10.0. The fraction of sp³-hybridized carbons (Fsp3) is 0.310. The summed E-state index contributed by atoms with van der Waals surface area (Å²) in [7, 11) is 4.10. The quantitative estimate of drug-likeness (QED) is 0.367. The summed E-state index contributed by atoms with van der Waals surface area (Å²) in [6, 6.07) is 18.2. The average Bonchev–Trinajstić information content (AvgIpc) is 3.57. The van der Waals surface area contributed by atoms with Crippen LogP contribution in [0.2, 0.25) is 0 Å². The number of carbonyl (C=O) groups is 1. The van der Waals surface area contributed by atoms with Crippen LogP contribution in [0.3, 0.4) is 0 Å². The minimum absolute atomic E-state index is 0.0823. The average molecular weight is 492 g/mol. The largest absolute Gasteiger partial charge is 0.340 e. The SMILES string of the molecule is Cc1nnc2n1-c1ccc(N3CCC(CCN(C)C)C3=O)cc1Cn1cc(-c3ccc(C#N)cc3)cc1-2. The molecule has 8 nitrogen and oxygen atoms in total. The molecule has 186 valence electrons. The van der Waals surface area contributed by atoms with Crippen molar-refractivity contribution in [3.63, 3.8) is 0 Å². The second-order valence-corrected chi connectivity index (χ2v) is 10.2. The van der Waals surface area contributed by atoms with Crippen LogP contribution >= 0.6 is 0 Å². The molecule has 0 bridgehead atoms. The van der Waals surface area contributed by atoms with Crippen molar-refractivity contribution in [3.8, 4) is 34.4 Å². The summed E-state index contributed by atoms with van der Waals surface area (Å²) >= 11 is 0. The van der Waals surface area contributed by atoms with Crippen LogP contribution < -0.4 is 4.90 Å².